The van der Waals surface area contributed by atoms with Crippen molar-refractivity contribution < 1.29 is 0 Å². The predicted molar refractivity (Wildman–Crippen MR) is 34.6 cm³/mol. The lowest BCUT2D eigenvalue weighted by Gasteiger charge is -1.87. The number of allylic oxidation sites excluding steroid dienone is 4. The number of rotatable bonds is 1. The van der Waals surface area contributed by atoms with E-state index in [4.69, 9.17) is 5.40 Å². The minimum Gasteiger partial charge on any atom is -0.352 e. The van der Waals surface area contributed by atoms with Crippen molar-refractivity contribution in [1.82, 2.24) is 0 Å². The summed E-state index contributed by atoms with van der Waals surface area (Å²) in [6.07, 6.45) is 7.49. The van der Waals surface area contributed by atoms with E-state index in [0.29, 0.717) is 0 Å². The molecule has 0 bridgehead atoms. The van der Waals surface area contributed by atoms with Crippen LogP contribution in [0.15, 0.2) is 23.4 Å². The molecule has 0 aromatic rings. The maximum atomic E-state index is 5.46. The van der Waals surface area contributed by atoms with E-state index in [9.17, 15) is 0 Å². The molecule has 0 aromatic carbocycles. The van der Waals surface area contributed by atoms with Gasteiger partial charge in [0.25, 0.3) is 0 Å². The molecule has 38 valence electrons. The molecule has 2 N–H and O–H groups in total. The molecule has 0 aliphatic heterocycles. The molecule has 0 spiro atoms. The van der Waals surface area contributed by atoms with E-state index in [1.807, 2.05) is 0 Å². The second-order valence-corrected chi connectivity index (χ2v) is 2.98. The number of hydrogen-bond donors (Lipinski definition) is 1. The van der Waals surface area contributed by atoms with E-state index in [1.54, 1.807) is 0 Å². The third-order valence-corrected chi connectivity index (χ3v) is 2.16. The minimum atomic E-state index is -0.311. The average Bonchev–Trinajstić information content (AvgIpc) is 2.14. The van der Waals surface area contributed by atoms with Crippen molar-refractivity contribution in [3.63, 3.8) is 0 Å². The van der Waals surface area contributed by atoms with Gasteiger partial charge >= 0.3 is 0 Å². The standard InChI is InChI=1S/C5H9NSi/c6-7-5-3-1-2-4-5/h1-3H,4,6-7H2. The zero-order chi connectivity index (χ0) is 5.11. The highest BCUT2D eigenvalue weighted by atomic mass is 28.2. The fourth-order valence-electron chi connectivity index (χ4n) is 0.643. The van der Waals surface area contributed by atoms with Gasteiger partial charge in [-0.05, 0) is 6.42 Å². The van der Waals surface area contributed by atoms with Crippen molar-refractivity contribution in [2.75, 3.05) is 0 Å². The van der Waals surface area contributed by atoms with Gasteiger partial charge in [0, 0.05) is 0 Å². The molecule has 0 unspecified atom stereocenters. The summed E-state index contributed by atoms with van der Waals surface area (Å²) in [5, 5.41) is 6.94. The molecule has 0 radical (unpaired) electrons. The third kappa shape index (κ3) is 1.01. The molecule has 1 rings (SSSR count). The Balaban J connectivity index is 2.45. The van der Waals surface area contributed by atoms with E-state index >= 15 is 0 Å². The minimum absolute atomic E-state index is 0.311. The van der Waals surface area contributed by atoms with Gasteiger partial charge < -0.3 is 5.40 Å². The van der Waals surface area contributed by atoms with Crippen LogP contribution in [0.3, 0.4) is 0 Å². The van der Waals surface area contributed by atoms with Crippen LogP contribution in [0, 0.1) is 0 Å². The number of hydrogen-bond acceptors (Lipinski definition) is 1. The van der Waals surface area contributed by atoms with E-state index < -0.39 is 0 Å². The molecule has 0 saturated carbocycles. The van der Waals surface area contributed by atoms with Crippen LogP contribution in [-0.2, 0) is 0 Å². The molecule has 7 heavy (non-hydrogen) atoms. The number of nitrogens with two attached hydrogens (primary N) is 1. The Morgan fingerprint density at radius 1 is 1.71 bits per heavy atom. The second-order valence-electron chi connectivity index (χ2n) is 1.66. The molecule has 2 heteroatoms. The molecular formula is C5H9NSi. The Morgan fingerprint density at radius 3 is 2.86 bits per heavy atom. The van der Waals surface area contributed by atoms with Gasteiger partial charge in [0.15, 0.2) is 0 Å². The van der Waals surface area contributed by atoms with Crippen molar-refractivity contribution in [2.45, 2.75) is 6.42 Å². The maximum Gasteiger partial charge on any atom is 0.117 e. The highest BCUT2D eigenvalue weighted by Crippen LogP contribution is 2.05. The van der Waals surface area contributed by atoms with Crippen molar-refractivity contribution in [2.24, 2.45) is 5.40 Å². The van der Waals surface area contributed by atoms with E-state index in [0.717, 1.165) is 6.42 Å². The van der Waals surface area contributed by atoms with Gasteiger partial charge in [-0.3, -0.25) is 0 Å². The highest BCUT2D eigenvalue weighted by molar-refractivity contribution is 6.41. The highest BCUT2D eigenvalue weighted by Gasteiger charge is 1.93. The van der Waals surface area contributed by atoms with Gasteiger partial charge in [0.2, 0.25) is 0 Å². The first-order valence-electron chi connectivity index (χ1n) is 2.48. The van der Waals surface area contributed by atoms with E-state index in [-0.39, 0.29) is 9.68 Å². The van der Waals surface area contributed by atoms with Crippen LogP contribution in [0.4, 0.5) is 0 Å². The van der Waals surface area contributed by atoms with Gasteiger partial charge in [-0.2, -0.15) is 0 Å². The van der Waals surface area contributed by atoms with Gasteiger partial charge in [-0.15, -0.1) is 0 Å². The van der Waals surface area contributed by atoms with Crippen molar-refractivity contribution >= 4 is 9.68 Å². The zero-order valence-electron chi connectivity index (χ0n) is 4.22. The monoisotopic (exact) mass is 111 g/mol. The topological polar surface area (TPSA) is 26.0 Å². The molecule has 0 saturated heterocycles. The van der Waals surface area contributed by atoms with Crippen LogP contribution in [0.1, 0.15) is 6.42 Å². The summed E-state index contributed by atoms with van der Waals surface area (Å²) in [6, 6.07) is 0. The van der Waals surface area contributed by atoms with Gasteiger partial charge in [0.05, 0.1) is 0 Å². The average molecular weight is 111 g/mol. The van der Waals surface area contributed by atoms with Crippen molar-refractivity contribution in [3.8, 4) is 0 Å². The Bertz CT molecular complexity index is 115. The Morgan fingerprint density at radius 2 is 2.57 bits per heavy atom. The largest absolute Gasteiger partial charge is 0.352 e. The van der Waals surface area contributed by atoms with Crippen molar-refractivity contribution in [1.29, 1.82) is 0 Å². The third-order valence-electron chi connectivity index (χ3n) is 1.11. The van der Waals surface area contributed by atoms with E-state index in [2.05, 4.69) is 18.2 Å². The van der Waals surface area contributed by atoms with Crippen LogP contribution >= 0.6 is 0 Å². The van der Waals surface area contributed by atoms with Crippen LogP contribution < -0.4 is 5.40 Å². The Kier molecular flexibility index (Phi) is 1.44. The zero-order valence-corrected chi connectivity index (χ0v) is 5.64. The molecule has 0 amide bonds. The molecule has 1 aliphatic rings. The first kappa shape index (κ1) is 4.81. The lowest BCUT2D eigenvalue weighted by molar-refractivity contribution is 1.39. The summed E-state index contributed by atoms with van der Waals surface area (Å²) < 4.78 is 0. The SMILES string of the molecule is N[SiH2]C1=CC=CC1. The summed E-state index contributed by atoms with van der Waals surface area (Å²) in [5.74, 6) is 0. The fourth-order valence-corrected chi connectivity index (χ4v) is 1.25. The molecule has 0 fully saturated rings. The lowest BCUT2D eigenvalue weighted by atomic mass is 10.5. The maximum absolute atomic E-state index is 5.46. The normalized spacial score (nSPS) is 19.3. The van der Waals surface area contributed by atoms with Crippen LogP contribution in [0.5, 0.6) is 0 Å². The summed E-state index contributed by atoms with van der Waals surface area (Å²) in [6.45, 7) is 0. The van der Waals surface area contributed by atoms with Crippen LogP contribution in [0.2, 0.25) is 0 Å². The van der Waals surface area contributed by atoms with Crippen LogP contribution in [-0.4, -0.2) is 9.68 Å². The van der Waals surface area contributed by atoms with Crippen molar-refractivity contribution in [3.05, 3.63) is 23.4 Å². The summed E-state index contributed by atoms with van der Waals surface area (Å²) in [4.78, 5) is 0. The molecule has 1 nitrogen and oxygen atoms in total. The molecule has 1 aliphatic carbocycles. The quantitative estimate of drug-likeness (QED) is 0.469. The molecular weight excluding hydrogens is 102 g/mol. The Hall–Kier alpha value is -0.343. The molecule has 0 aromatic heterocycles. The molecule has 0 heterocycles. The smallest absolute Gasteiger partial charge is 0.117 e. The van der Waals surface area contributed by atoms with Gasteiger partial charge in [-0.25, -0.2) is 0 Å². The summed E-state index contributed by atoms with van der Waals surface area (Å²) in [7, 11) is -0.311. The summed E-state index contributed by atoms with van der Waals surface area (Å²) in [5.41, 5.74) is 0. The molecule has 0 atom stereocenters. The predicted octanol–water partition coefficient (Wildman–Crippen LogP) is -0.127. The fraction of sp³-hybridized carbons (Fsp3) is 0.200. The Labute approximate surface area is 45.8 Å². The first-order valence-corrected chi connectivity index (χ1v) is 4.00. The van der Waals surface area contributed by atoms with Gasteiger partial charge in [-0.1, -0.05) is 23.4 Å². The van der Waals surface area contributed by atoms with Gasteiger partial charge in [0.1, 0.15) is 9.68 Å². The van der Waals surface area contributed by atoms with E-state index in [1.165, 1.54) is 5.20 Å². The van der Waals surface area contributed by atoms with Crippen LogP contribution in [0.25, 0.3) is 0 Å². The second kappa shape index (κ2) is 2.09. The summed E-state index contributed by atoms with van der Waals surface area (Å²) >= 11 is 0. The lowest BCUT2D eigenvalue weighted by Crippen LogP contribution is -2.06. The first-order chi connectivity index (χ1) is 3.43.